The minimum absolute atomic E-state index is 0. The van der Waals surface area contributed by atoms with E-state index >= 15 is 0 Å². The lowest BCUT2D eigenvalue weighted by atomic mass is 9.91. The Hall–Kier alpha value is -3.93. The van der Waals surface area contributed by atoms with E-state index in [1.54, 1.807) is 0 Å². The van der Waals surface area contributed by atoms with Gasteiger partial charge in [-0.3, -0.25) is 0 Å². The van der Waals surface area contributed by atoms with Crippen molar-refractivity contribution in [3.8, 4) is 0 Å². The Bertz CT molecular complexity index is 997. The van der Waals surface area contributed by atoms with E-state index in [9.17, 15) is 0 Å². The second kappa shape index (κ2) is 11.9. The zero-order chi connectivity index (χ0) is 22.1. The van der Waals surface area contributed by atoms with Crippen molar-refractivity contribution in [1.82, 2.24) is 0 Å². The molecular weight excluding hydrogens is 392 g/mol. The SMILES string of the molecule is C.CNc1ccc(C(=C2C=CC(=[N+](C)C)C=C2)c2ccccc2)cc1.O=C(O)C(=O)O. The number of nitrogens with one attached hydrogen (secondary N) is 1. The topological polar surface area (TPSA) is 89.6 Å². The summed E-state index contributed by atoms with van der Waals surface area (Å²) < 4.78 is 2.12. The van der Waals surface area contributed by atoms with Crippen LogP contribution in [0.3, 0.4) is 0 Å². The Morgan fingerprint density at radius 2 is 1.26 bits per heavy atom. The maximum Gasteiger partial charge on any atom is 0.414 e. The molecule has 2 aromatic carbocycles. The number of anilines is 1. The van der Waals surface area contributed by atoms with Crippen LogP contribution >= 0.6 is 0 Å². The van der Waals surface area contributed by atoms with Crippen LogP contribution in [0.4, 0.5) is 5.69 Å². The molecule has 0 atom stereocenters. The summed E-state index contributed by atoms with van der Waals surface area (Å²) in [4.78, 5) is 18.2. The van der Waals surface area contributed by atoms with Crippen molar-refractivity contribution in [2.75, 3.05) is 26.5 Å². The number of allylic oxidation sites excluding steroid dienone is 5. The lowest BCUT2D eigenvalue weighted by Crippen LogP contribution is -2.10. The van der Waals surface area contributed by atoms with Crippen LogP contribution in [-0.4, -0.2) is 53.6 Å². The van der Waals surface area contributed by atoms with Gasteiger partial charge in [0.1, 0.15) is 14.1 Å². The molecule has 3 N–H and O–H groups in total. The van der Waals surface area contributed by atoms with Crippen LogP contribution in [-0.2, 0) is 9.59 Å². The Kier molecular flexibility index (Phi) is 9.66. The first kappa shape index (κ1) is 25.1. The van der Waals surface area contributed by atoms with Crippen molar-refractivity contribution in [3.63, 3.8) is 0 Å². The lowest BCUT2D eigenvalue weighted by Gasteiger charge is -2.14. The van der Waals surface area contributed by atoms with Gasteiger partial charge >= 0.3 is 11.9 Å². The molecule has 3 rings (SSSR count). The van der Waals surface area contributed by atoms with Crippen molar-refractivity contribution in [3.05, 3.63) is 95.6 Å². The molecule has 6 heteroatoms. The average Bonchev–Trinajstić information content (AvgIpc) is 2.76. The zero-order valence-electron chi connectivity index (χ0n) is 17.2. The van der Waals surface area contributed by atoms with Gasteiger partial charge in [-0.25, -0.2) is 14.2 Å². The molecule has 0 saturated carbocycles. The van der Waals surface area contributed by atoms with Crippen molar-refractivity contribution < 1.29 is 24.4 Å². The van der Waals surface area contributed by atoms with Gasteiger partial charge in [0.25, 0.3) is 0 Å². The van der Waals surface area contributed by atoms with E-state index in [-0.39, 0.29) is 7.43 Å². The number of benzene rings is 2. The molecule has 0 radical (unpaired) electrons. The van der Waals surface area contributed by atoms with Crippen LogP contribution in [0.5, 0.6) is 0 Å². The molecule has 0 spiro atoms. The maximum atomic E-state index is 9.10. The predicted octanol–water partition coefficient (Wildman–Crippen LogP) is 4.16. The largest absolute Gasteiger partial charge is 0.473 e. The van der Waals surface area contributed by atoms with E-state index in [0.29, 0.717) is 0 Å². The highest BCUT2D eigenvalue weighted by Crippen LogP contribution is 2.30. The molecule has 1 aliphatic rings. The second-order valence-electron chi connectivity index (χ2n) is 6.62. The van der Waals surface area contributed by atoms with E-state index in [0.717, 1.165) is 5.69 Å². The minimum atomic E-state index is -1.82. The summed E-state index contributed by atoms with van der Waals surface area (Å²) in [5, 5.41) is 18.0. The molecule has 162 valence electrons. The van der Waals surface area contributed by atoms with Crippen molar-refractivity contribution in [1.29, 1.82) is 0 Å². The third-order valence-electron chi connectivity index (χ3n) is 4.38. The molecule has 6 nitrogen and oxygen atoms in total. The highest BCUT2D eigenvalue weighted by atomic mass is 16.4. The first-order chi connectivity index (χ1) is 14.3. The molecule has 0 aromatic heterocycles. The highest BCUT2D eigenvalue weighted by molar-refractivity contribution is 6.27. The van der Waals surface area contributed by atoms with Gasteiger partial charge in [-0.1, -0.05) is 49.9 Å². The number of rotatable bonds is 3. The molecule has 0 heterocycles. The first-order valence-corrected chi connectivity index (χ1v) is 9.28. The van der Waals surface area contributed by atoms with Crippen LogP contribution in [0, 0.1) is 0 Å². The number of carboxylic acid groups (broad SMARTS) is 2. The van der Waals surface area contributed by atoms with Gasteiger partial charge in [0.2, 0.25) is 0 Å². The standard InChI is InChI=1S/C22H22N2.C2H2O4.CH4/c1-23-20-13-9-18(10-14-20)22(17-7-5-4-6-8-17)19-11-15-21(16-12-19)24(2)3;3-1(4)2(5)6;/h4-16H,1-3H3;(H,3,4)(H,5,6);1H4/p+1. The van der Waals surface area contributed by atoms with E-state index in [1.807, 2.05) is 7.05 Å². The summed E-state index contributed by atoms with van der Waals surface area (Å²) in [5.74, 6) is -3.65. The summed E-state index contributed by atoms with van der Waals surface area (Å²) >= 11 is 0. The number of carboxylic acids is 2. The van der Waals surface area contributed by atoms with Crippen molar-refractivity contribution >= 4 is 28.9 Å². The molecular formula is C25H29N2O4+. The lowest BCUT2D eigenvalue weighted by molar-refractivity contribution is -0.462. The molecule has 31 heavy (non-hydrogen) atoms. The van der Waals surface area contributed by atoms with Crippen LogP contribution in [0.2, 0.25) is 0 Å². The van der Waals surface area contributed by atoms with Crippen molar-refractivity contribution in [2.45, 2.75) is 7.43 Å². The van der Waals surface area contributed by atoms with Crippen molar-refractivity contribution in [2.24, 2.45) is 0 Å². The highest BCUT2D eigenvalue weighted by Gasteiger charge is 2.12. The molecule has 2 aromatic rings. The van der Waals surface area contributed by atoms with Gasteiger partial charge in [0, 0.05) is 24.9 Å². The van der Waals surface area contributed by atoms with Crippen LogP contribution in [0.15, 0.2) is 84.5 Å². The summed E-state index contributed by atoms with van der Waals surface area (Å²) in [7, 11) is 6.07. The van der Waals surface area contributed by atoms with Gasteiger partial charge in [-0.2, -0.15) is 0 Å². The van der Waals surface area contributed by atoms with Gasteiger partial charge in [0.05, 0.1) is 0 Å². The van der Waals surface area contributed by atoms with Crippen LogP contribution in [0.1, 0.15) is 18.6 Å². The Morgan fingerprint density at radius 3 is 1.68 bits per heavy atom. The van der Waals surface area contributed by atoms with E-state index < -0.39 is 11.9 Å². The normalized spacial score (nSPS) is 11.6. The molecule has 0 aliphatic heterocycles. The first-order valence-electron chi connectivity index (χ1n) is 9.28. The van der Waals surface area contributed by atoms with Gasteiger partial charge in [-0.05, 0) is 46.6 Å². The maximum absolute atomic E-state index is 9.10. The number of hydrogen-bond donors (Lipinski definition) is 3. The van der Waals surface area contributed by atoms with Gasteiger partial charge < -0.3 is 15.5 Å². The monoisotopic (exact) mass is 421 g/mol. The fourth-order valence-electron chi connectivity index (χ4n) is 2.83. The fourth-order valence-corrected chi connectivity index (χ4v) is 2.83. The molecule has 0 bridgehead atoms. The number of hydrogen-bond acceptors (Lipinski definition) is 3. The Labute approximate surface area is 183 Å². The molecule has 0 amide bonds. The number of nitrogens with zero attached hydrogens (tertiary/aromatic N) is 1. The molecule has 1 aliphatic carbocycles. The second-order valence-corrected chi connectivity index (χ2v) is 6.62. The summed E-state index contributed by atoms with van der Waals surface area (Å²) in [6.07, 6.45) is 8.73. The van der Waals surface area contributed by atoms with Crippen LogP contribution < -0.4 is 5.32 Å². The summed E-state index contributed by atoms with van der Waals surface area (Å²) in [6.45, 7) is 0. The number of aliphatic carboxylic acids is 2. The molecule has 0 fully saturated rings. The summed E-state index contributed by atoms with van der Waals surface area (Å²) in [6, 6.07) is 19.2. The van der Waals surface area contributed by atoms with Gasteiger partial charge in [-0.15, -0.1) is 0 Å². The van der Waals surface area contributed by atoms with Gasteiger partial charge in [0.15, 0.2) is 5.71 Å². The predicted molar refractivity (Wildman–Crippen MR) is 126 cm³/mol. The smallest absolute Gasteiger partial charge is 0.414 e. The van der Waals surface area contributed by atoms with E-state index in [1.165, 1.54) is 28.0 Å². The third-order valence-corrected chi connectivity index (χ3v) is 4.38. The average molecular weight is 422 g/mol. The third kappa shape index (κ3) is 7.12. The van der Waals surface area contributed by atoms with Crippen LogP contribution in [0.25, 0.3) is 5.57 Å². The molecule has 0 unspecified atom stereocenters. The van der Waals surface area contributed by atoms with E-state index in [4.69, 9.17) is 19.8 Å². The quantitative estimate of drug-likeness (QED) is 0.511. The van der Waals surface area contributed by atoms with E-state index in [2.05, 4.69) is 103 Å². The minimum Gasteiger partial charge on any atom is -0.473 e. The number of carbonyl (C=O) groups is 2. The fraction of sp³-hybridized carbons (Fsp3) is 0.160. The summed E-state index contributed by atoms with van der Waals surface area (Å²) in [5.41, 5.74) is 7.25. The molecule has 0 saturated heterocycles. The Morgan fingerprint density at radius 1 is 0.774 bits per heavy atom. The zero-order valence-corrected chi connectivity index (χ0v) is 17.2. The Balaban J connectivity index is 0.000000607.